The van der Waals surface area contributed by atoms with Gasteiger partial charge in [-0.2, -0.15) is 0 Å². The minimum atomic E-state index is -0.908. The van der Waals surface area contributed by atoms with Gasteiger partial charge in [-0.25, -0.2) is 0 Å². The molecule has 5 heteroatoms. The Kier molecular flexibility index (Phi) is 4.62. The van der Waals surface area contributed by atoms with Crippen molar-refractivity contribution in [1.29, 1.82) is 0 Å². The quantitative estimate of drug-likeness (QED) is 0.863. The number of carbonyl (C=O) groups excluding carboxylic acids is 1. The number of amides is 1. The molecule has 1 saturated heterocycles. The number of benzene rings is 1. The molecule has 1 heterocycles. The Balaban J connectivity index is 1.91. The first-order chi connectivity index (χ1) is 9.45. The molecule has 0 saturated carbocycles. The van der Waals surface area contributed by atoms with Crippen LogP contribution in [0.2, 0.25) is 0 Å². The third kappa shape index (κ3) is 4.21. The lowest BCUT2D eigenvalue weighted by Crippen LogP contribution is -2.45. The SMILES string of the molecule is CC(C)(N)C(=O)Nc1cccc(OCC2CCCO2)c1. The lowest BCUT2D eigenvalue weighted by molar-refractivity contribution is -0.120. The summed E-state index contributed by atoms with van der Waals surface area (Å²) in [6.45, 7) is 4.69. The Morgan fingerprint density at radius 2 is 2.35 bits per heavy atom. The molecule has 0 spiro atoms. The van der Waals surface area contributed by atoms with Crippen LogP contribution in [0.5, 0.6) is 5.75 Å². The molecule has 1 aliphatic heterocycles. The molecule has 0 aromatic heterocycles. The third-order valence-electron chi connectivity index (χ3n) is 3.14. The number of anilines is 1. The minimum absolute atomic E-state index is 0.177. The Bertz CT molecular complexity index is 462. The fourth-order valence-electron chi connectivity index (χ4n) is 1.92. The van der Waals surface area contributed by atoms with Crippen molar-refractivity contribution < 1.29 is 14.3 Å². The predicted molar refractivity (Wildman–Crippen MR) is 77.8 cm³/mol. The molecular weight excluding hydrogens is 256 g/mol. The Morgan fingerprint density at radius 1 is 1.55 bits per heavy atom. The van der Waals surface area contributed by atoms with Gasteiger partial charge in [-0.15, -0.1) is 0 Å². The van der Waals surface area contributed by atoms with Crippen LogP contribution in [0.4, 0.5) is 5.69 Å². The number of hydrogen-bond donors (Lipinski definition) is 2. The number of carbonyl (C=O) groups is 1. The van der Waals surface area contributed by atoms with Gasteiger partial charge in [0, 0.05) is 18.4 Å². The van der Waals surface area contributed by atoms with E-state index in [-0.39, 0.29) is 12.0 Å². The lowest BCUT2D eigenvalue weighted by atomic mass is 10.1. The van der Waals surface area contributed by atoms with Gasteiger partial charge in [0.15, 0.2) is 0 Å². The van der Waals surface area contributed by atoms with Crippen LogP contribution in [-0.4, -0.2) is 30.8 Å². The van der Waals surface area contributed by atoms with Crippen LogP contribution in [0.1, 0.15) is 26.7 Å². The van der Waals surface area contributed by atoms with Gasteiger partial charge in [-0.05, 0) is 38.8 Å². The van der Waals surface area contributed by atoms with Gasteiger partial charge < -0.3 is 20.5 Å². The molecule has 20 heavy (non-hydrogen) atoms. The maximum Gasteiger partial charge on any atom is 0.243 e. The average molecular weight is 278 g/mol. The normalized spacial score (nSPS) is 18.9. The fraction of sp³-hybridized carbons (Fsp3) is 0.533. The highest BCUT2D eigenvalue weighted by Crippen LogP contribution is 2.20. The van der Waals surface area contributed by atoms with Crippen LogP contribution in [0.3, 0.4) is 0 Å². The van der Waals surface area contributed by atoms with Crippen LogP contribution in [0.25, 0.3) is 0 Å². The van der Waals surface area contributed by atoms with Crippen LogP contribution in [0.15, 0.2) is 24.3 Å². The summed E-state index contributed by atoms with van der Waals surface area (Å²) in [5.41, 5.74) is 5.52. The molecule has 1 aromatic rings. The number of rotatable bonds is 5. The summed E-state index contributed by atoms with van der Waals surface area (Å²) in [7, 11) is 0. The van der Waals surface area contributed by atoms with Crippen LogP contribution >= 0.6 is 0 Å². The summed E-state index contributed by atoms with van der Waals surface area (Å²) in [5.74, 6) is 0.488. The van der Waals surface area contributed by atoms with Crippen LogP contribution in [-0.2, 0) is 9.53 Å². The van der Waals surface area contributed by atoms with E-state index < -0.39 is 5.54 Å². The Morgan fingerprint density at radius 3 is 3.00 bits per heavy atom. The van der Waals surface area contributed by atoms with E-state index in [1.54, 1.807) is 19.9 Å². The van der Waals surface area contributed by atoms with Gasteiger partial charge in [0.25, 0.3) is 0 Å². The third-order valence-corrected chi connectivity index (χ3v) is 3.14. The van der Waals surface area contributed by atoms with Crippen molar-refractivity contribution in [2.75, 3.05) is 18.5 Å². The largest absolute Gasteiger partial charge is 0.491 e. The topological polar surface area (TPSA) is 73.6 Å². The van der Waals surface area contributed by atoms with E-state index in [9.17, 15) is 4.79 Å². The molecule has 1 unspecified atom stereocenters. The molecule has 1 aliphatic rings. The first-order valence-electron chi connectivity index (χ1n) is 6.90. The summed E-state index contributed by atoms with van der Waals surface area (Å²) in [5, 5.41) is 2.78. The van der Waals surface area contributed by atoms with Gasteiger partial charge in [0.1, 0.15) is 12.4 Å². The predicted octanol–water partition coefficient (Wildman–Crippen LogP) is 1.92. The van der Waals surface area contributed by atoms with E-state index >= 15 is 0 Å². The Labute approximate surface area is 119 Å². The number of nitrogens with one attached hydrogen (secondary N) is 1. The molecule has 0 radical (unpaired) electrons. The molecule has 1 amide bonds. The molecule has 1 aromatic carbocycles. The fourth-order valence-corrected chi connectivity index (χ4v) is 1.92. The second kappa shape index (κ2) is 6.24. The van der Waals surface area contributed by atoms with E-state index in [0.717, 1.165) is 19.4 Å². The highest BCUT2D eigenvalue weighted by molar-refractivity contribution is 5.97. The van der Waals surface area contributed by atoms with Crippen LogP contribution in [0, 0.1) is 0 Å². The van der Waals surface area contributed by atoms with Crippen molar-refractivity contribution in [2.24, 2.45) is 5.73 Å². The maximum absolute atomic E-state index is 11.8. The van der Waals surface area contributed by atoms with Crippen molar-refractivity contribution in [1.82, 2.24) is 0 Å². The zero-order valence-corrected chi connectivity index (χ0v) is 12.0. The molecular formula is C15H22N2O3. The minimum Gasteiger partial charge on any atom is -0.491 e. The smallest absolute Gasteiger partial charge is 0.243 e. The van der Waals surface area contributed by atoms with Gasteiger partial charge in [-0.3, -0.25) is 4.79 Å². The van der Waals surface area contributed by atoms with Crippen molar-refractivity contribution in [3.63, 3.8) is 0 Å². The Hall–Kier alpha value is -1.59. The zero-order chi connectivity index (χ0) is 14.6. The number of nitrogens with two attached hydrogens (primary N) is 1. The summed E-state index contributed by atoms with van der Waals surface area (Å²) in [6, 6.07) is 7.29. The second-order valence-electron chi connectivity index (χ2n) is 5.65. The number of ether oxygens (including phenoxy) is 2. The second-order valence-corrected chi connectivity index (χ2v) is 5.65. The van der Waals surface area contributed by atoms with E-state index in [0.29, 0.717) is 18.0 Å². The van der Waals surface area contributed by atoms with Gasteiger partial charge in [0.2, 0.25) is 5.91 Å². The molecule has 110 valence electrons. The zero-order valence-electron chi connectivity index (χ0n) is 12.0. The molecule has 2 rings (SSSR count). The van der Waals surface area contributed by atoms with E-state index in [1.807, 2.05) is 18.2 Å². The molecule has 0 bridgehead atoms. The first kappa shape index (κ1) is 14.8. The highest BCUT2D eigenvalue weighted by Gasteiger charge is 2.22. The number of hydrogen-bond acceptors (Lipinski definition) is 4. The van der Waals surface area contributed by atoms with E-state index in [2.05, 4.69) is 5.32 Å². The average Bonchev–Trinajstić information content (AvgIpc) is 2.89. The van der Waals surface area contributed by atoms with E-state index in [1.165, 1.54) is 0 Å². The van der Waals surface area contributed by atoms with Crippen molar-refractivity contribution in [3.8, 4) is 5.75 Å². The summed E-state index contributed by atoms with van der Waals surface area (Å²) < 4.78 is 11.2. The molecule has 1 atom stereocenters. The highest BCUT2D eigenvalue weighted by atomic mass is 16.5. The first-order valence-corrected chi connectivity index (χ1v) is 6.90. The molecule has 5 nitrogen and oxygen atoms in total. The maximum atomic E-state index is 11.8. The van der Waals surface area contributed by atoms with Gasteiger partial charge in [-0.1, -0.05) is 6.07 Å². The standard InChI is InChI=1S/C15H22N2O3/c1-15(2,16)14(18)17-11-5-3-6-12(9-11)20-10-13-7-4-8-19-13/h3,5-6,9,13H,4,7-8,10,16H2,1-2H3,(H,17,18). The van der Waals surface area contributed by atoms with Crippen molar-refractivity contribution in [2.45, 2.75) is 38.3 Å². The summed E-state index contributed by atoms with van der Waals surface area (Å²) in [6.07, 6.45) is 2.31. The lowest BCUT2D eigenvalue weighted by Gasteiger charge is -2.18. The summed E-state index contributed by atoms with van der Waals surface area (Å²) >= 11 is 0. The van der Waals surface area contributed by atoms with Crippen molar-refractivity contribution >= 4 is 11.6 Å². The van der Waals surface area contributed by atoms with E-state index in [4.69, 9.17) is 15.2 Å². The monoisotopic (exact) mass is 278 g/mol. The van der Waals surface area contributed by atoms with Gasteiger partial charge in [0.05, 0.1) is 11.6 Å². The van der Waals surface area contributed by atoms with Gasteiger partial charge >= 0.3 is 0 Å². The van der Waals surface area contributed by atoms with Crippen molar-refractivity contribution in [3.05, 3.63) is 24.3 Å². The molecule has 3 N–H and O–H groups in total. The van der Waals surface area contributed by atoms with Crippen LogP contribution < -0.4 is 15.8 Å². The molecule has 1 fully saturated rings. The molecule has 0 aliphatic carbocycles. The summed E-state index contributed by atoms with van der Waals surface area (Å²) in [4.78, 5) is 11.8.